The third-order valence-electron chi connectivity index (χ3n) is 3.28. The number of hydrogen-bond donors (Lipinski definition) is 4. The maximum Gasteiger partial charge on any atom is 0.326 e. The van der Waals surface area contributed by atoms with Crippen LogP contribution in [-0.4, -0.2) is 57.1 Å². The molecule has 1 rings (SSSR count). The second-order valence-corrected chi connectivity index (χ2v) is 5.35. The summed E-state index contributed by atoms with van der Waals surface area (Å²) in [6, 6.07) is -1.10. The Morgan fingerprint density at radius 2 is 2.04 bits per heavy atom. The van der Waals surface area contributed by atoms with Gasteiger partial charge in [0.2, 0.25) is 11.8 Å². The second kappa shape index (κ2) is 13.3. The first-order chi connectivity index (χ1) is 12.4. The number of aromatic amines is 1. The van der Waals surface area contributed by atoms with E-state index in [0.29, 0.717) is 18.5 Å². The molecule has 0 unspecified atom stereocenters. The minimum Gasteiger partial charge on any atom is -0.480 e. The number of carbonyl (C=O) groups excluding carboxylic acids is 2. The Hall–Kier alpha value is -2.89. The minimum atomic E-state index is -1.17. The van der Waals surface area contributed by atoms with Crippen LogP contribution in [0.5, 0.6) is 0 Å². The van der Waals surface area contributed by atoms with Crippen molar-refractivity contribution in [1.29, 1.82) is 0 Å². The van der Waals surface area contributed by atoms with Crippen molar-refractivity contribution in [3.63, 3.8) is 0 Å². The molecule has 1 aromatic rings. The fourth-order valence-electron chi connectivity index (χ4n) is 2.01. The zero-order chi connectivity index (χ0) is 19.4. The average molecular weight is 408 g/mol. The Morgan fingerprint density at radius 3 is 2.63 bits per heavy atom. The van der Waals surface area contributed by atoms with E-state index in [-0.39, 0.29) is 50.7 Å². The van der Waals surface area contributed by atoms with Crippen LogP contribution in [0.25, 0.3) is 0 Å². The first-order valence-electron chi connectivity index (χ1n) is 7.92. The molecule has 1 aromatic heterocycles. The summed E-state index contributed by atoms with van der Waals surface area (Å²) in [6.07, 6.45) is 3.82. The number of imidazole rings is 1. The molecular formula is C14H22ClN5O7. The Kier molecular flexibility index (Phi) is 11.9. The average Bonchev–Trinajstić information content (AvgIpc) is 3.06. The molecule has 0 spiro atoms. The number of aromatic nitrogens is 2. The molecule has 152 valence electrons. The van der Waals surface area contributed by atoms with E-state index in [9.17, 15) is 24.5 Å². The van der Waals surface area contributed by atoms with Crippen LogP contribution >= 0.6 is 12.4 Å². The number of halogens is 1. The number of hydrogen-bond acceptors (Lipinski definition) is 7. The summed E-state index contributed by atoms with van der Waals surface area (Å²) < 4.78 is 0. The molecule has 0 aliphatic rings. The topological polar surface area (TPSA) is 177 Å². The Morgan fingerprint density at radius 1 is 1.30 bits per heavy atom. The molecule has 0 aliphatic carbocycles. The largest absolute Gasteiger partial charge is 0.480 e. The van der Waals surface area contributed by atoms with E-state index in [4.69, 9.17) is 5.11 Å². The lowest BCUT2D eigenvalue weighted by atomic mass is 10.1. The van der Waals surface area contributed by atoms with E-state index in [1.165, 1.54) is 12.5 Å². The highest BCUT2D eigenvalue weighted by atomic mass is 35.5. The number of nitrogens with zero attached hydrogens (tertiary/aromatic N) is 2. The van der Waals surface area contributed by atoms with Crippen molar-refractivity contribution in [2.24, 2.45) is 0 Å². The molecule has 2 amide bonds. The fourth-order valence-corrected chi connectivity index (χ4v) is 2.01. The number of carbonyl (C=O) groups is 3. The van der Waals surface area contributed by atoms with Gasteiger partial charge < -0.3 is 25.6 Å². The molecular weight excluding hydrogens is 386 g/mol. The molecule has 1 atom stereocenters. The van der Waals surface area contributed by atoms with Crippen LogP contribution in [0, 0.1) is 10.1 Å². The van der Waals surface area contributed by atoms with Gasteiger partial charge in [-0.05, 0) is 12.8 Å². The lowest BCUT2D eigenvalue weighted by Gasteiger charge is -2.13. The Labute approximate surface area is 160 Å². The summed E-state index contributed by atoms with van der Waals surface area (Å²) in [4.78, 5) is 55.1. The number of unbranched alkanes of at least 4 members (excludes halogenated alkanes) is 1. The molecule has 4 N–H and O–H groups in total. The quantitative estimate of drug-likeness (QED) is 0.198. The van der Waals surface area contributed by atoms with E-state index >= 15 is 0 Å². The van der Waals surface area contributed by atoms with Crippen LogP contribution in [0.1, 0.15) is 31.4 Å². The van der Waals surface area contributed by atoms with E-state index in [1.807, 2.05) is 0 Å². The van der Waals surface area contributed by atoms with Crippen LogP contribution in [0.15, 0.2) is 12.5 Å². The molecule has 0 aromatic carbocycles. The van der Waals surface area contributed by atoms with Gasteiger partial charge in [0.05, 0.1) is 12.9 Å². The summed E-state index contributed by atoms with van der Waals surface area (Å²) in [6.45, 7) is -0.0118. The monoisotopic (exact) mass is 407 g/mol. The number of amides is 2. The molecule has 0 aliphatic heterocycles. The molecule has 0 radical (unpaired) electrons. The van der Waals surface area contributed by atoms with Crippen molar-refractivity contribution in [2.75, 3.05) is 13.2 Å². The minimum absolute atomic E-state index is 0. The highest BCUT2D eigenvalue weighted by Gasteiger charge is 2.20. The smallest absolute Gasteiger partial charge is 0.326 e. The van der Waals surface area contributed by atoms with Gasteiger partial charge in [0.1, 0.15) is 6.04 Å². The van der Waals surface area contributed by atoms with Crippen LogP contribution in [0.3, 0.4) is 0 Å². The van der Waals surface area contributed by atoms with Gasteiger partial charge in [0.15, 0.2) is 0 Å². The van der Waals surface area contributed by atoms with Gasteiger partial charge in [-0.2, -0.15) is 0 Å². The highest BCUT2D eigenvalue weighted by molar-refractivity contribution is 5.85. The zero-order valence-electron chi connectivity index (χ0n) is 14.4. The molecule has 0 bridgehead atoms. The SMILES string of the molecule is Cl.O=C(CCCCO[N+](=O)[O-])NCCC(=O)N[C@@H](Cc1cnc[nH]1)C(=O)O. The Bertz CT molecular complexity index is 611. The third kappa shape index (κ3) is 11.4. The lowest BCUT2D eigenvalue weighted by Crippen LogP contribution is -2.43. The van der Waals surface area contributed by atoms with Crippen LogP contribution < -0.4 is 10.6 Å². The van der Waals surface area contributed by atoms with Crippen LogP contribution in [-0.2, 0) is 25.6 Å². The predicted molar refractivity (Wildman–Crippen MR) is 93.5 cm³/mol. The van der Waals surface area contributed by atoms with Crippen molar-refractivity contribution in [1.82, 2.24) is 20.6 Å². The zero-order valence-corrected chi connectivity index (χ0v) is 15.2. The third-order valence-corrected chi connectivity index (χ3v) is 3.28. The number of nitrogens with one attached hydrogen (secondary N) is 3. The number of aliphatic carboxylic acids is 1. The van der Waals surface area contributed by atoms with Crippen molar-refractivity contribution < 1.29 is 29.4 Å². The highest BCUT2D eigenvalue weighted by Crippen LogP contribution is 2.00. The standard InChI is InChI=1S/C14H21N5O7.ClH/c20-12(3-1-2-6-26-19(24)25)16-5-4-13(21)18-11(14(22)23)7-10-8-15-9-17-10;/h8-9,11H,1-7H2,(H,15,17)(H,16,20)(H,18,21)(H,22,23);1H/t11-;/m0./s1. The summed E-state index contributed by atoms with van der Waals surface area (Å²) in [5.41, 5.74) is 0.576. The molecule has 0 fully saturated rings. The van der Waals surface area contributed by atoms with E-state index in [2.05, 4.69) is 25.4 Å². The molecule has 12 nitrogen and oxygen atoms in total. The van der Waals surface area contributed by atoms with Crippen molar-refractivity contribution in [2.45, 2.75) is 38.1 Å². The van der Waals surface area contributed by atoms with Crippen LogP contribution in [0.4, 0.5) is 0 Å². The molecule has 27 heavy (non-hydrogen) atoms. The van der Waals surface area contributed by atoms with Crippen molar-refractivity contribution in [3.05, 3.63) is 28.3 Å². The first-order valence-corrected chi connectivity index (χ1v) is 7.92. The van der Waals surface area contributed by atoms with Gasteiger partial charge in [-0.25, -0.2) is 9.78 Å². The van der Waals surface area contributed by atoms with Crippen molar-refractivity contribution in [3.8, 4) is 0 Å². The van der Waals surface area contributed by atoms with Gasteiger partial charge in [-0.3, -0.25) is 9.59 Å². The van der Waals surface area contributed by atoms with Crippen molar-refractivity contribution >= 4 is 30.2 Å². The Balaban J connectivity index is 0.00000676. The number of H-pyrrole nitrogens is 1. The number of carboxylic acid groups (broad SMARTS) is 1. The summed E-state index contributed by atoms with van der Waals surface area (Å²) in [5, 5.41) is 23.1. The maximum atomic E-state index is 11.8. The summed E-state index contributed by atoms with van der Waals surface area (Å²) >= 11 is 0. The van der Waals surface area contributed by atoms with E-state index in [0.717, 1.165) is 0 Å². The van der Waals surface area contributed by atoms with E-state index in [1.54, 1.807) is 0 Å². The fraction of sp³-hybridized carbons (Fsp3) is 0.571. The van der Waals surface area contributed by atoms with Crippen LogP contribution in [0.2, 0.25) is 0 Å². The summed E-state index contributed by atoms with van der Waals surface area (Å²) in [7, 11) is 0. The molecule has 13 heteroatoms. The number of rotatable bonds is 13. The van der Waals surface area contributed by atoms with Gasteiger partial charge in [-0.15, -0.1) is 22.5 Å². The first kappa shape index (κ1) is 24.1. The summed E-state index contributed by atoms with van der Waals surface area (Å²) in [5.74, 6) is -1.98. The number of carboxylic acids is 1. The van der Waals surface area contributed by atoms with Gasteiger partial charge in [-0.1, -0.05) is 0 Å². The maximum absolute atomic E-state index is 11.8. The van der Waals surface area contributed by atoms with E-state index < -0.39 is 23.0 Å². The van der Waals surface area contributed by atoms with Gasteiger partial charge in [0, 0.05) is 37.7 Å². The molecule has 1 heterocycles. The second-order valence-electron chi connectivity index (χ2n) is 5.35. The molecule has 0 saturated carbocycles. The van der Waals surface area contributed by atoms with Gasteiger partial charge >= 0.3 is 5.97 Å². The molecule has 0 saturated heterocycles. The normalized spacial score (nSPS) is 11.0. The lowest BCUT2D eigenvalue weighted by molar-refractivity contribution is -0.757. The van der Waals surface area contributed by atoms with Gasteiger partial charge in [0.25, 0.3) is 5.09 Å². The predicted octanol–water partition coefficient (Wildman–Crippen LogP) is -0.172.